The first-order chi connectivity index (χ1) is 9.65. The van der Waals surface area contributed by atoms with Gasteiger partial charge in [0.05, 0.1) is 11.3 Å². The van der Waals surface area contributed by atoms with Crippen LogP contribution in [-0.4, -0.2) is 35.2 Å². The Balaban J connectivity index is 2.19. The van der Waals surface area contributed by atoms with Crippen LogP contribution in [0, 0.1) is 0 Å². The van der Waals surface area contributed by atoms with Crippen molar-refractivity contribution in [2.45, 2.75) is 32.2 Å². The van der Waals surface area contributed by atoms with E-state index in [2.05, 4.69) is 0 Å². The monoisotopic (exact) mass is 272 g/mol. The number of amides is 3. The molecule has 1 fully saturated rings. The second kappa shape index (κ2) is 4.74. The van der Waals surface area contributed by atoms with E-state index in [0.717, 1.165) is 6.42 Å². The molecule has 1 aromatic carbocycles. The number of nitrogens with zero attached hydrogens (tertiary/aromatic N) is 2. The summed E-state index contributed by atoms with van der Waals surface area (Å²) in [7, 11) is 0. The molecule has 0 aromatic heterocycles. The highest BCUT2D eigenvalue weighted by Gasteiger charge is 2.43. The van der Waals surface area contributed by atoms with E-state index in [1.807, 2.05) is 0 Å². The van der Waals surface area contributed by atoms with Crippen molar-refractivity contribution in [2.75, 3.05) is 11.4 Å². The lowest BCUT2D eigenvalue weighted by Crippen LogP contribution is -2.47. The van der Waals surface area contributed by atoms with Gasteiger partial charge in [0.15, 0.2) is 0 Å². The first-order valence-electron chi connectivity index (χ1n) is 6.92. The molecule has 20 heavy (non-hydrogen) atoms. The summed E-state index contributed by atoms with van der Waals surface area (Å²) in [5.74, 6) is -0.681. The molecule has 104 valence electrons. The van der Waals surface area contributed by atoms with Crippen molar-refractivity contribution in [3.8, 4) is 0 Å². The molecule has 0 unspecified atom stereocenters. The number of benzene rings is 1. The molecular formula is C15H16N2O3. The summed E-state index contributed by atoms with van der Waals surface area (Å²) in [5.41, 5.74) is 0.857. The van der Waals surface area contributed by atoms with Gasteiger partial charge in [0.25, 0.3) is 11.8 Å². The molecule has 5 heteroatoms. The smallest absolute Gasteiger partial charge is 0.256 e. The lowest BCUT2D eigenvalue weighted by Gasteiger charge is -2.24. The molecule has 2 aliphatic rings. The minimum absolute atomic E-state index is 0.150. The summed E-state index contributed by atoms with van der Waals surface area (Å²) in [6, 6.07) is 6.35. The normalized spacial score (nSPS) is 21.6. The Morgan fingerprint density at radius 1 is 1.30 bits per heavy atom. The number of rotatable bonds is 1. The Morgan fingerprint density at radius 3 is 2.80 bits per heavy atom. The predicted octanol–water partition coefficient (Wildman–Crippen LogP) is 1.57. The largest absolute Gasteiger partial charge is 0.327 e. The molecule has 1 saturated heterocycles. The molecule has 3 rings (SSSR count). The molecule has 0 radical (unpaired) electrons. The van der Waals surface area contributed by atoms with Crippen LogP contribution in [0.5, 0.6) is 0 Å². The second-order valence-corrected chi connectivity index (χ2v) is 5.09. The average Bonchev–Trinajstić information content (AvgIpc) is 2.93. The zero-order chi connectivity index (χ0) is 14.3. The number of anilines is 1. The fourth-order valence-electron chi connectivity index (χ4n) is 2.95. The van der Waals surface area contributed by atoms with Crippen molar-refractivity contribution in [3.05, 3.63) is 29.8 Å². The van der Waals surface area contributed by atoms with Crippen molar-refractivity contribution in [1.29, 1.82) is 0 Å². The molecule has 2 heterocycles. The van der Waals surface area contributed by atoms with E-state index in [9.17, 15) is 14.4 Å². The van der Waals surface area contributed by atoms with Crippen LogP contribution < -0.4 is 4.90 Å². The molecular weight excluding hydrogens is 256 g/mol. The van der Waals surface area contributed by atoms with Gasteiger partial charge in [-0.3, -0.25) is 14.4 Å². The highest BCUT2D eigenvalue weighted by molar-refractivity contribution is 6.22. The summed E-state index contributed by atoms with van der Waals surface area (Å²) in [4.78, 5) is 40.2. The quantitative estimate of drug-likeness (QED) is 0.779. The summed E-state index contributed by atoms with van der Waals surface area (Å²) in [6.07, 6.45) is 1.67. The van der Waals surface area contributed by atoms with E-state index in [1.165, 1.54) is 4.90 Å². The van der Waals surface area contributed by atoms with Crippen LogP contribution in [0.2, 0.25) is 0 Å². The Hall–Kier alpha value is -2.17. The van der Waals surface area contributed by atoms with Crippen molar-refractivity contribution >= 4 is 23.4 Å². The third-order valence-electron chi connectivity index (χ3n) is 3.95. The van der Waals surface area contributed by atoms with Gasteiger partial charge in [-0.15, -0.1) is 0 Å². The number of fused-ring (bicyclic) bond motifs is 2. The molecule has 1 aromatic rings. The third kappa shape index (κ3) is 1.73. The van der Waals surface area contributed by atoms with Crippen LogP contribution >= 0.6 is 0 Å². The molecule has 2 aliphatic heterocycles. The molecule has 5 nitrogen and oxygen atoms in total. The number of para-hydroxylation sites is 1. The van der Waals surface area contributed by atoms with Gasteiger partial charge >= 0.3 is 0 Å². The second-order valence-electron chi connectivity index (χ2n) is 5.09. The van der Waals surface area contributed by atoms with Gasteiger partial charge in [0.1, 0.15) is 6.04 Å². The Kier molecular flexibility index (Phi) is 3.04. The van der Waals surface area contributed by atoms with Crippen LogP contribution in [0.15, 0.2) is 24.3 Å². The zero-order valence-electron chi connectivity index (χ0n) is 11.3. The maximum absolute atomic E-state index is 12.6. The number of carbonyl (C=O) groups excluding carboxylic acids is 3. The number of hydrogen-bond acceptors (Lipinski definition) is 3. The lowest BCUT2D eigenvalue weighted by atomic mass is 10.1. The first-order valence-corrected chi connectivity index (χ1v) is 6.92. The van der Waals surface area contributed by atoms with Crippen LogP contribution in [0.3, 0.4) is 0 Å². The zero-order valence-corrected chi connectivity index (χ0v) is 11.3. The van der Waals surface area contributed by atoms with E-state index >= 15 is 0 Å². The van der Waals surface area contributed by atoms with E-state index in [-0.39, 0.29) is 24.1 Å². The first kappa shape index (κ1) is 12.8. The third-order valence-corrected chi connectivity index (χ3v) is 3.95. The van der Waals surface area contributed by atoms with Gasteiger partial charge in [-0.2, -0.15) is 0 Å². The molecule has 0 N–H and O–H groups in total. The SMILES string of the molecule is CCC(=O)N1C(=O)[C@H]2CCCN2C(=O)c2ccccc21. The van der Waals surface area contributed by atoms with E-state index in [1.54, 1.807) is 36.1 Å². The van der Waals surface area contributed by atoms with Gasteiger partial charge in [-0.1, -0.05) is 19.1 Å². The Labute approximate surface area is 117 Å². The fraction of sp³-hybridized carbons (Fsp3) is 0.400. The molecule has 1 atom stereocenters. The summed E-state index contributed by atoms with van der Waals surface area (Å²) < 4.78 is 0. The van der Waals surface area contributed by atoms with Crippen molar-refractivity contribution < 1.29 is 14.4 Å². The van der Waals surface area contributed by atoms with Crippen LogP contribution in [0.4, 0.5) is 5.69 Å². The van der Waals surface area contributed by atoms with Gasteiger partial charge in [0, 0.05) is 13.0 Å². The van der Waals surface area contributed by atoms with Crippen molar-refractivity contribution in [2.24, 2.45) is 0 Å². The summed E-state index contributed by atoms with van der Waals surface area (Å²) in [6.45, 7) is 2.30. The lowest BCUT2D eigenvalue weighted by molar-refractivity contribution is -0.128. The maximum atomic E-state index is 12.6. The molecule has 3 amide bonds. The van der Waals surface area contributed by atoms with Crippen molar-refractivity contribution in [3.63, 3.8) is 0 Å². The summed E-state index contributed by atoms with van der Waals surface area (Å²) >= 11 is 0. The number of hydrogen-bond donors (Lipinski definition) is 0. The Bertz CT molecular complexity index is 597. The predicted molar refractivity (Wildman–Crippen MR) is 73.3 cm³/mol. The van der Waals surface area contributed by atoms with Crippen LogP contribution in [-0.2, 0) is 9.59 Å². The van der Waals surface area contributed by atoms with Crippen LogP contribution in [0.1, 0.15) is 36.5 Å². The van der Waals surface area contributed by atoms with Gasteiger partial charge in [-0.25, -0.2) is 4.90 Å². The summed E-state index contributed by atoms with van der Waals surface area (Å²) in [5, 5.41) is 0. The molecule has 0 saturated carbocycles. The fourth-order valence-corrected chi connectivity index (χ4v) is 2.95. The molecule has 0 bridgehead atoms. The van der Waals surface area contributed by atoms with Gasteiger partial charge in [0.2, 0.25) is 5.91 Å². The van der Waals surface area contributed by atoms with Crippen molar-refractivity contribution in [1.82, 2.24) is 4.90 Å². The molecule has 0 aliphatic carbocycles. The number of imide groups is 1. The van der Waals surface area contributed by atoms with E-state index < -0.39 is 6.04 Å². The highest BCUT2D eigenvalue weighted by atomic mass is 16.2. The highest BCUT2D eigenvalue weighted by Crippen LogP contribution is 2.32. The van der Waals surface area contributed by atoms with Crippen LogP contribution in [0.25, 0.3) is 0 Å². The topological polar surface area (TPSA) is 57.7 Å². The minimum atomic E-state index is -0.495. The maximum Gasteiger partial charge on any atom is 0.256 e. The van der Waals surface area contributed by atoms with E-state index in [4.69, 9.17) is 0 Å². The average molecular weight is 272 g/mol. The minimum Gasteiger partial charge on any atom is -0.327 e. The Morgan fingerprint density at radius 2 is 2.05 bits per heavy atom. The number of carbonyl (C=O) groups is 3. The van der Waals surface area contributed by atoms with E-state index in [0.29, 0.717) is 24.2 Å². The standard InChI is InChI=1S/C15H16N2O3/c1-2-13(18)17-11-7-4-3-6-10(11)14(19)16-9-5-8-12(16)15(17)20/h3-4,6-7,12H,2,5,8-9H2,1H3/t12-/m1/s1. The molecule has 0 spiro atoms. The van der Waals surface area contributed by atoms with Gasteiger partial charge in [-0.05, 0) is 25.0 Å². The van der Waals surface area contributed by atoms with Gasteiger partial charge < -0.3 is 4.90 Å².